The summed E-state index contributed by atoms with van der Waals surface area (Å²) in [4.78, 5) is 4.35. The molecule has 0 radical (unpaired) electrons. The zero-order chi connectivity index (χ0) is 9.54. The number of aromatic nitrogens is 2. The Balaban J connectivity index is 2.67. The molecule has 2 heteroatoms. The fourth-order valence-corrected chi connectivity index (χ4v) is 1.93. The van der Waals surface area contributed by atoms with Crippen LogP contribution in [0.4, 0.5) is 0 Å². The second kappa shape index (κ2) is 2.58. The van der Waals surface area contributed by atoms with Gasteiger partial charge in [0.1, 0.15) is 5.65 Å². The Labute approximate surface area is 81.8 Å². The summed E-state index contributed by atoms with van der Waals surface area (Å²) in [6.45, 7) is 2.13. The second-order valence-electron chi connectivity index (χ2n) is 3.52. The molecule has 0 spiro atoms. The van der Waals surface area contributed by atoms with Crippen LogP contribution in [0.15, 0.2) is 42.9 Å². The molecule has 0 aliphatic carbocycles. The van der Waals surface area contributed by atoms with Crippen molar-refractivity contribution in [3.63, 3.8) is 0 Å². The summed E-state index contributed by atoms with van der Waals surface area (Å²) in [5.74, 6) is 0. The molecule has 68 valence electrons. The molecule has 14 heavy (non-hydrogen) atoms. The van der Waals surface area contributed by atoms with Crippen molar-refractivity contribution in [3.8, 4) is 0 Å². The number of hydrogen-bond donors (Lipinski definition) is 0. The summed E-state index contributed by atoms with van der Waals surface area (Å²) in [5, 5.41) is 2.50. The third-order valence-electron chi connectivity index (χ3n) is 2.59. The van der Waals surface area contributed by atoms with Crippen LogP contribution in [0.25, 0.3) is 16.4 Å². The predicted molar refractivity (Wildman–Crippen MR) is 57.4 cm³/mol. The fourth-order valence-electron chi connectivity index (χ4n) is 1.93. The standard InChI is InChI=1S/C12H10N2/c1-9-8-14-7-6-13-12(14)11-5-3-2-4-10(9)11/h2-8H,1H3. The van der Waals surface area contributed by atoms with E-state index in [1.807, 2.05) is 12.4 Å². The highest BCUT2D eigenvalue weighted by Crippen LogP contribution is 2.21. The van der Waals surface area contributed by atoms with E-state index in [1.54, 1.807) is 0 Å². The van der Waals surface area contributed by atoms with Gasteiger partial charge in [0.25, 0.3) is 0 Å². The van der Waals surface area contributed by atoms with Crippen molar-refractivity contribution < 1.29 is 0 Å². The van der Waals surface area contributed by atoms with Crippen LogP contribution in [0, 0.1) is 6.92 Å². The lowest BCUT2D eigenvalue weighted by atomic mass is 10.1. The van der Waals surface area contributed by atoms with Crippen molar-refractivity contribution >= 4 is 16.4 Å². The maximum Gasteiger partial charge on any atom is 0.144 e. The lowest BCUT2D eigenvalue weighted by molar-refractivity contribution is 1.18. The molecule has 3 aromatic rings. The SMILES string of the molecule is Cc1cn2ccnc2c2ccccc12. The van der Waals surface area contributed by atoms with Gasteiger partial charge >= 0.3 is 0 Å². The van der Waals surface area contributed by atoms with E-state index in [0.29, 0.717) is 0 Å². The van der Waals surface area contributed by atoms with Crippen LogP contribution >= 0.6 is 0 Å². The maximum absolute atomic E-state index is 4.35. The Morgan fingerprint density at radius 3 is 2.79 bits per heavy atom. The number of hydrogen-bond acceptors (Lipinski definition) is 1. The monoisotopic (exact) mass is 182 g/mol. The molecule has 0 atom stereocenters. The van der Waals surface area contributed by atoms with Crippen molar-refractivity contribution in [2.24, 2.45) is 0 Å². The summed E-state index contributed by atoms with van der Waals surface area (Å²) in [7, 11) is 0. The zero-order valence-electron chi connectivity index (χ0n) is 7.94. The van der Waals surface area contributed by atoms with E-state index in [1.165, 1.54) is 16.3 Å². The van der Waals surface area contributed by atoms with Crippen molar-refractivity contribution in [1.29, 1.82) is 0 Å². The molecule has 2 heterocycles. The van der Waals surface area contributed by atoms with Gasteiger partial charge in [-0.05, 0) is 17.9 Å². The predicted octanol–water partition coefficient (Wildman–Crippen LogP) is 2.80. The van der Waals surface area contributed by atoms with Crippen molar-refractivity contribution in [2.45, 2.75) is 6.92 Å². The molecule has 0 saturated carbocycles. The van der Waals surface area contributed by atoms with Crippen LogP contribution in [-0.2, 0) is 0 Å². The summed E-state index contributed by atoms with van der Waals surface area (Å²) < 4.78 is 2.07. The molecule has 0 aliphatic rings. The highest BCUT2D eigenvalue weighted by atomic mass is 15.0. The first-order chi connectivity index (χ1) is 6.86. The summed E-state index contributed by atoms with van der Waals surface area (Å²) in [6, 6.07) is 8.37. The van der Waals surface area contributed by atoms with Gasteiger partial charge in [-0.1, -0.05) is 24.3 Å². The van der Waals surface area contributed by atoms with E-state index in [0.717, 1.165) is 5.65 Å². The van der Waals surface area contributed by atoms with Crippen LogP contribution in [0.3, 0.4) is 0 Å². The molecule has 0 fully saturated rings. The van der Waals surface area contributed by atoms with Gasteiger partial charge in [-0.2, -0.15) is 0 Å². The number of aryl methyl sites for hydroxylation is 1. The summed E-state index contributed by atoms with van der Waals surface area (Å²) in [5.41, 5.74) is 2.32. The average molecular weight is 182 g/mol. The molecule has 0 amide bonds. The zero-order valence-corrected chi connectivity index (χ0v) is 7.94. The van der Waals surface area contributed by atoms with Crippen molar-refractivity contribution in [2.75, 3.05) is 0 Å². The molecule has 0 bridgehead atoms. The summed E-state index contributed by atoms with van der Waals surface area (Å²) >= 11 is 0. The highest BCUT2D eigenvalue weighted by molar-refractivity contribution is 5.95. The van der Waals surface area contributed by atoms with Gasteiger partial charge < -0.3 is 4.40 Å². The Bertz CT molecular complexity index is 608. The Morgan fingerprint density at radius 2 is 1.93 bits per heavy atom. The van der Waals surface area contributed by atoms with E-state index in [4.69, 9.17) is 0 Å². The van der Waals surface area contributed by atoms with Gasteiger partial charge in [-0.3, -0.25) is 0 Å². The Hall–Kier alpha value is -1.83. The van der Waals surface area contributed by atoms with Crippen molar-refractivity contribution in [3.05, 3.63) is 48.4 Å². The quantitative estimate of drug-likeness (QED) is 0.522. The number of rotatable bonds is 0. The van der Waals surface area contributed by atoms with Gasteiger partial charge in [-0.25, -0.2) is 4.98 Å². The van der Waals surface area contributed by atoms with E-state index in [2.05, 4.69) is 46.8 Å². The first-order valence-electron chi connectivity index (χ1n) is 4.67. The van der Waals surface area contributed by atoms with Gasteiger partial charge in [0.05, 0.1) is 0 Å². The highest BCUT2D eigenvalue weighted by Gasteiger charge is 2.02. The van der Waals surface area contributed by atoms with E-state index in [-0.39, 0.29) is 0 Å². The van der Waals surface area contributed by atoms with Gasteiger partial charge in [0.2, 0.25) is 0 Å². The van der Waals surface area contributed by atoms with Gasteiger partial charge in [-0.15, -0.1) is 0 Å². The molecule has 0 N–H and O–H groups in total. The third-order valence-corrected chi connectivity index (χ3v) is 2.59. The van der Waals surface area contributed by atoms with Gasteiger partial charge in [0.15, 0.2) is 0 Å². The fraction of sp³-hybridized carbons (Fsp3) is 0.0833. The topological polar surface area (TPSA) is 17.3 Å². The van der Waals surface area contributed by atoms with E-state index in [9.17, 15) is 0 Å². The van der Waals surface area contributed by atoms with E-state index < -0.39 is 0 Å². The third kappa shape index (κ3) is 0.880. The average Bonchev–Trinajstić information content (AvgIpc) is 2.66. The maximum atomic E-state index is 4.35. The number of imidazole rings is 1. The molecule has 2 nitrogen and oxygen atoms in total. The molecule has 1 aromatic carbocycles. The molecular formula is C12H10N2. The summed E-state index contributed by atoms with van der Waals surface area (Å²) in [6.07, 6.45) is 5.93. The Kier molecular flexibility index (Phi) is 1.39. The lowest BCUT2D eigenvalue weighted by Crippen LogP contribution is -1.88. The number of fused-ring (bicyclic) bond motifs is 3. The van der Waals surface area contributed by atoms with Crippen molar-refractivity contribution in [1.82, 2.24) is 9.38 Å². The molecule has 0 unspecified atom stereocenters. The normalized spacial score (nSPS) is 11.2. The van der Waals surface area contributed by atoms with E-state index >= 15 is 0 Å². The first kappa shape index (κ1) is 7.56. The number of nitrogens with zero attached hydrogens (tertiary/aromatic N) is 2. The minimum Gasteiger partial charge on any atom is -0.306 e. The van der Waals surface area contributed by atoms with Crippen LogP contribution in [0.1, 0.15) is 5.56 Å². The second-order valence-corrected chi connectivity index (χ2v) is 3.52. The Morgan fingerprint density at radius 1 is 1.14 bits per heavy atom. The van der Waals surface area contributed by atoms with Gasteiger partial charge in [0, 0.05) is 24.0 Å². The molecule has 0 aliphatic heterocycles. The van der Waals surface area contributed by atoms with Crippen LogP contribution in [0.5, 0.6) is 0 Å². The molecule has 3 rings (SSSR count). The minimum atomic E-state index is 1.03. The smallest absolute Gasteiger partial charge is 0.144 e. The molecule has 2 aromatic heterocycles. The number of benzene rings is 1. The van der Waals surface area contributed by atoms with Crippen LogP contribution in [-0.4, -0.2) is 9.38 Å². The largest absolute Gasteiger partial charge is 0.306 e. The molecular weight excluding hydrogens is 172 g/mol. The van der Waals surface area contributed by atoms with Crippen LogP contribution in [0.2, 0.25) is 0 Å². The lowest BCUT2D eigenvalue weighted by Gasteiger charge is -2.03. The first-order valence-corrected chi connectivity index (χ1v) is 4.67. The van der Waals surface area contributed by atoms with Crippen LogP contribution < -0.4 is 0 Å². The minimum absolute atomic E-state index is 1.03. The number of pyridine rings is 1. The molecule has 0 saturated heterocycles.